The standard InChI is InChI=1S/C12H12BrFN2O/c1-16(6-8-2-3-17-7-8)12-4-9(13)10(14)5-11(12)15/h2-5,7H,6,15H2,1H3. The minimum Gasteiger partial charge on any atom is -0.472 e. The topological polar surface area (TPSA) is 42.4 Å². The minimum absolute atomic E-state index is 0.358. The van der Waals surface area contributed by atoms with E-state index in [1.54, 1.807) is 18.6 Å². The van der Waals surface area contributed by atoms with Gasteiger partial charge in [-0.25, -0.2) is 4.39 Å². The lowest BCUT2D eigenvalue weighted by Crippen LogP contribution is -2.17. The Bertz CT molecular complexity index is 513. The van der Waals surface area contributed by atoms with Gasteiger partial charge in [0.25, 0.3) is 0 Å². The molecule has 0 saturated heterocycles. The van der Waals surface area contributed by atoms with Crippen LogP contribution in [0.15, 0.2) is 39.6 Å². The maximum Gasteiger partial charge on any atom is 0.139 e. The molecule has 1 aromatic heterocycles. The first kappa shape index (κ1) is 12.0. The number of hydrogen-bond acceptors (Lipinski definition) is 3. The third-order valence-corrected chi connectivity index (χ3v) is 3.09. The molecule has 90 valence electrons. The van der Waals surface area contributed by atoms with Crippen molar-refractivity contribution in [3.63, 3.8) is 0 Å². The summed E-state index contributed by atoms with van der Waals surface area (Å²) < 4.78 is 18.6. The van der Waals surface area contributed by atoms with E-state index in [9.17, 15) is 4.39 Å². The molecule has 0 saturated carbocycles. The molecule has 17 heavy (non-hydrogen) atoms. The third-order valence-electron chi connectivity index (χ3n) is 2.48. The van der Waals surface area contributed by atoms with Crippen LogP contribution in [0.5, 0.6) is 0 Å². The highest BCUT2D eigenvalue weighted by Gasteiger charge is 2.10. The number of hydrogen-bond donors (Lipinski definition) is 1. The van der Waals surface area contributed by atoms with Crippen molar-refractivity contribution >= 4 is 27.3 Å². The first-order chi connectivity index (χ1) is 8.08. The zero-order chi connectivity index (χ0) is 12.4. The average Bonchev–Trinajstić information content (AvgIpc) is 2.76. The second-order valence-corrected chi connectivity index (χ2v) is 4.67. The van der Waals surface area contributed by atoms with Crippen LogP contribution in [0.1, 0.15) is 5.56 Å². The van der Waals surface area contributed by atoms with Crippen LogP contribution in [0, 0.1) is 5.82 Å². The highest BCUT2D eigenvalue weighted by atomic mass is 79.9. The van der Waals surface area contributed by atoms with Crippen LogP contribution in [0.4, 0.5) is 15.8 Å². The summed E-state index contributed by atoms with van der Waals surface area (Å²) in [5.41, 5.74) is 8.02. The van der Waals surface area contributed by atoms with Gasteiger partial charge in [-0.1, -0.05) is 0 Å². The highest BCUT2D eigenvalue weighted by molar-refractivity contribution is 9.10. The fourth-order valence-corrected chi connectivity index (χ4v) is 1.96. The predicted octanol–water partition coefficient (Wildman–Crippen LogP) is 3.40. The van der Waals surface area contributed by atoms with Crippen LogP contribution in [-0.2, 0) is 6.54 Å². The van der Waals surface area contributed by atoms with E-state index in [-0.39, 0.29) is 5.82 Å². The van der Waals surface area contributed by atoms with Gasteiger partial charge >= 0.3 is 0 Å². The van der Waals surface area contributed by atoms with Crippen LogP contribution in [0.3, 0.4) is 0 Å². The molecule has 0 spiro atoms. The molecule has 1 aromatic carbocycles. The second-order valence-electron chi connectivity index (χ2n) is 3.81. The number of halogens is 2. The first-order valence-electron chi connectivity index (χ1n) is 5.04. The van der Waals surface area contributed by atoms with Crippen LogP contribution in [-0.4, -0.2) is 7.05 Å². The minimum atomic E-state index is -0.358. The predicted molar refractivity (Wildman–Crippen MR) is 69.3 cm³/mol. The van der Waals surface area contributed by atoms with Crippen molar-refractivity contribution in [1.29, 1.82) is 0 Å². The lowest BCUT2D eigenvalue weighted by molar-refractivity contribution is 0.563. The Morgan fingerprint density at radius 2 is 2.24 bits per heavy atom. The van der Waals surface area contributed by atoms with Crippen LogP contribution in [0.25, 0.3) is 0 Å². The normalized spacial score (nSPS) is 10.5. The van der Waals surface area contributed by atoms with Crippen molar-refractivity contribution in [3.05, 3.63) is 46.6 Å². The number of nitrogens with two attached hydrogens (primary N) is 1. The van der Waals surface area contributed by atoms with Crippen molar-refractivity contribution in [2.24, 2.45) is 0 Å². The molecule has 0 radical (unpaired) electrons. The zero-order valence-corrected chi connectivity index (χ0v) is 10.9. The van der Waals surface area contributed by atoms with E-state index < -0.39 is 0 Å². The number of nitrogen functional groups attached to an aromatic ring is 1. The van der Waals surface area contributed by atoms with Gasteiger partial charge < -0.3 is 15.1 Å². The van der Waals surface area contributed by atoms with Crippen molar-refractivity contribution in [2.75, 3.05) is 17.7 Å². The molecule has 0 aliphatic carbocycles. The summed E-state index contributed by atoms with van der Waals surface area (Å²) in [6.07, 6.45) is 3.29. The Morgan fingerprint density at radius 1 is 1.47 bits per heavy atom. The largest absolute Gasteiger partial charge is 0.472 e. The molecule has 0 aliphatic heterocycles. The molecule has 0 amide bonds. The molecule has 2 N–H and O–H groups in total. The zero-order valence-electron chi connectivity index (χ0n) is 9.28. The van der Waals surface area contributed by atoms with E-state index >= 15 is 0 Å². The van der Waals surface area contributed by atoms with Gasteiger partial charge in [-0.15, -0.1) is 0 Å². The lowest BCUT2D eigenvalue weighted by atomic mass is 10.2. The Morgan fingerprint density at radius 3 is 2.88 bits per heavy atom. The number of benzene rings is 1. The van der Waals surface area contributed by atoms with Gasteiger partial charge in [0, 0.05) is 25.2 Å². The smallest absolute Gasteiger partial charge is 0.139 e. The summed E-state index contributed by atoms with van der Waals surface area (Å²) in [6, 6.07) is 4.86. The van der Waals surface area contributed by atoms with E-state index in [1.807, 2.05) is 18.0 Å². The maximum atomic E-state index is 13.2. The van der Waals surface area contributed by atoms with Crippen LogP contribution in [0.2, 0.25) is 0 Å². The molecule has 2 rings (SSSR count). The van der Waals surface area contributed by atoms with Crippen molar-refractivity contribution < 1.29 is 8.81 Å². The number of anilines is 2. The van der Waals surface area contributed by atoms with E-state index in [4.69, 9.17) is 10.2 Å². The molecule has 0 fully saturated rings. The molecule has 2 aromatic rings. The van der Waals surface area contributed by atoms with Gasteiger partial charge in [0.2, 0.25) is 0 Å². The Balaban J connectivity index is 2.24. The Hall–Kier alpha value is -1.49. The Kier molecular flexibility index (Phi) is 3.38. The maximum absolute atomic E-state index is 13.2. The van der Waals surface area contributed by atoms with Crippen molar-refractivity contribution in [2.45, 2.75) is 6.54 Å². The molecule has 0 atom stereocenters. The van der Waals surface area contributed by atoms with Crippen LogP contribution >= 0.6 is 15.9 Å². The van der Waals surface area contributed by atoms with Crippen LogP contribution < -0.4 is 10.6 Å². The van der Waals surface area contributed by atoms with Gasteiger partial charge in [0.1, 0.15) is 5.82 Å². The average molecular weight is 299 g/mol. The van der Waals surface area contributed by atoms with Gasteiger partial charge in [-0.2, -0.15) is 0 Å². The summed E-state index contributed by atoms with van der Waals surface area (Å²) in [7, 11) is 1.89. The monoisotopic (exact) mass is 298 g/mol. The van der Waals surface area contributed by atoms with E-state index in [1.165, 1.54) is 6.07 Å². The number of rotatable bonds is 3. The Labute approximate surface area is 107 Å². The lowest BCUT2D eigenvalue weighted by Gasteiger charge is -2.20. The molecule has 0 aliphatic rings. The molecule has 1 heterocycles. The van der Waals surface area contributed by atoms with Gasteiger partial charge in [0.15, 0.2) is 0 Å². The molecule has 5 heteroatoms. The molecule has 0 bridgehead atoms. The van der Waals surface area contributed by atoms with Gasteiger partial charge in [-0.05, 0) is 28.1 Å². The third kappa shape index (κ3) is 2.61. The second kappa shape index (κ2) is 4.79. The summed E-state index contributed by atoms with van der Waals surface area (Å²) in [5.74, 6) is -0.358. The summed E-state index contributed by atoms with van der Waals surface area (Å²) in [4.78, 5) is 1.93. The van der Waals surface area contributed by atoms with E-state index in [0.29, 0.717) is 16.7 Å². The summed E-state index contributed by atoms with van der Waals surface area (Å²) in [6.45, 7) is 0.652. The quantitative estimate of drug-likeness (QED) is 0.883. The molecular formula is C12H12BrFN2O. The van der Waals surface area contributed by atoms with Gasteiger partial charge in [0.05, 0.1) is 28.4 Å². The van der Waals surface area contributed by atoms with E-state index in [2.05, 4.69) is 15.9 Å². The SMILES string of the molecule is CN(Cc1ccoc1)c1cc(Br)c(F)cc1N. The fraction of sp³-hybridized carbons (Fsp3) is 0.167. The van der Waals surface area contributed by atoms with Gasteiger partial charge in [-0.3, -0.25) is 0 Å². The van der Waals surface area contributed by atoms with Crippen molar-refractivity contribution in [3.8, 4) is 0 Å². The molecule has 0 unspecified atom stereocenters. The fourth-order valence-electron chi connectivity index (χ4n) is 1.62. The number of furan rings is 1. The highest BCUT2D eigenvalue weighted by Crippen LogP contribution is 2.29. The molecule has 3 nitrogen and oxygen atoms in total. The molecular weight excluding hydrogens is 287 g/mol. The first-order valence-corrected chi connectivity index (χ1v) is 5.84. The summed E-state index contributed by atoms with van der Waals surface area (Å²) >= 11 is 3.15. The van der Waals surface area contributed by atoms with Crippen molar-refractivity contribution in [1.82, 2.24) is 0 Å². The summed E-state index contributed by atoms with van der Waals surface area (Å²) in [5, 5.41) is 0. The van der Waals surface area contributed by atoms with E-state index in [0.717, 1.165) is 11.3 Å². The number of nitrogens with zero attached hydrogens (tertiary/aromatic N) is 1.